The number of para-hydroxylation sites is 3. The number of hydrogen-bond acceptors (Lipinski definition) is 2. The Balaban J connectivity index is 1.69. The fourth-order valence-electron chi connectivity index (χ4n) is 5.99. The zero-order valence-electron chi connectivity index (χ0n) is 18.5. The first kappa shape index (κ1) is 19.6. The van der Waals surface area contributed by atoms with E-state index in [-0.39, 0.29) is 5.78 Å². The summed E-state index contributed by atoms with van der Waals surface area (Å²) in [7, 11) is 0. The first-order valence-electron chi connectivity index (χ1n) is 11.6. The van der Waals surface area contributed by atoms with E-state index in [4.69, 9.17) is 0 Å². The predicted octanol–water partition coefficient (Wildman–Crippen LogP) is 4.39. The Bertz CT molecular complexity index is 1490. The summed E-state index contributed by atoms with van der Waals surface area (Å²) in [6.07, 6.45) is 0. The van der Waals surface area contributed by atoms with E-state index < -0.39 is 13.3 Å². The van der Waals surface area contributed by atoms with Crippen molar-refractivity contribution >= 4 is 53.7 Å². The van der Waals surface area contributed by atoms with Gasteiger partial charge in [0.15, 0.2) is 0 Å². The van der Waals surface area contributed by atoms with Crippen LogP contribution in [0.5, 0.6) is 0 Å². The van der Waals surface area contributed by atoms with E-state index in [1.807, 2.05) is 24.3 Å². The van der Waals surface area contributed by atoms with Crippen LogP contribution in [-0.4, -0.2) is 19.0 Å². The molecule has 0 aromatic heterocycles. The summed E-state index contributed by atoms with van der Waals surface area (Å²) in [5.74, 6) is 0.142. The fraction of sp³-hybridized carbons (Fsp3) is 0. The molecule has 0 saturated carbocycles. The molecule has 5 aromatic rings. The van der Waals surface area contributed by atoms with E-state index in [1.165, 1.54) is 29.0 Å². The molecule has 2 nitrogen and oxygen atoms in total. The van der Waals surface area contributed by atoms with Crippen LogP contribution < -0.4 is 22.5 Å². The molecule has 7 rings (SSSR count). The molecule has 2 aliphatic rings. The summed E-state index contributed by atoms with van der Waals surface area (Å²) in [5.41, 5.74) is 5.30. The number of fused-ring (bicyclic) bond motifs is 8. The van der Waals surface area contributed by atoms with Crippen LogP contribution in [0.25, 0.3) is 0 Å². The monoisotopic (exact) mass is 497 g/mol. The van der Waals surface area contributed by atoms with Gasteiger partial charge in [-0.3, -0.25) is 0 Å². The van der Waals surface area contributed by atoms with Crippen molar-refractivity contribution in [2.45, 2.75) is 0 Å². The Morgan fingerprint density at radius 3 is 1.38 bits per heavy atom. The van der Waals surface area contributed by atoms with Crippen LogP contribution >= 0.6 is 0 Å². The van der Waals surface area contributed by atoms with Gasteiger partial charge in [0.05, 0.1) is 0 Å². The molecule has 3 heteroatoms. The van der Waals surface area contributed by atoms with Crippen molar-refractivity contribution in [2.75, 3.05) is 4.90 Å². The second-order valence-electron chi connectivity index (χ2n) is 8.88. The van der Waals surface area contributed by atoms with Crippen molar-refractivity contribution in [2.24, 2.45) is 0 Å². The molecular formula is C31H21GeNO. The van der Waals surface area contributed by atoms with Crippen molar-refractivity contribution in [3.05, 3.63) is 139 Å². The van der Waals surface area contributed by atoms with Gasteiger partial charge in [0.2, 0.25) is 0 Å². The normalized spacial score (nSPS) is 14.7. The second kappa shape index (κ2) is 7.31. The third-order valence-electron chi connectivity index (χ3n) is 7.26. The number of ketones is 1. The Morgan fingerprint density at radius 1 is 0.441 bits per heavy atom. The molecule has 0 amide bonds. The molecule has 0 atom stereocenters. The number of hydrogen-bond donors (Lipinski definition) is 0. The van der Waals surface area contributed by atoms with Crippen LogP contribution in [0, 0.1) is 0 Å². The minimum absolute atomic E-state index is 0.142. The topological polar surface area (TPSA) is 20.3 Å². The van der Waals surface area contributed by atoms with E-state index in [0.29, 0.717) is 0 Å². The van der Waals surface area contributed by atoms with Gasteiger partial charge in [-0.05, 0) is 0 Å². The van der Waals surface area contributed by atoms with Crippen LogP contribution in [0.4, 0.5) is 17.1 Å². The van der Waals surface area contributed by atoms with Crippen molar-refractivity contribution in [1.29, 1.82) is 0 Å². The molecule has 2 aliphatic heterocycles. The SMILES string of the molecule is O=C1c2cccc[c]2[Ge]2([c]3ccccc31)[c]1ccccc1N(c1ccccc1)c1cccc[c]12. The number of anilines is 3. The quantitative estimate of drug-likeness (QED) is 0.315. The standard InChI is InChI=1S/C31H21GeNO/c34-31-23-14-4-6-16-25(23)32(26-17-7-5-15-24(26)31)27-18-8-10-20-29(27)33(22-12-2-1-3-13-22)30-21-11-9-19-28(30)32/h1-21H. The molecule has 0 radical (unpaired) electrons. The molecule has 1 spiro atoms. The molecule has 160 valence electrons. The molecule has 5 aromatic carbocycles. The summed E-state index contributed by atoms with van der Waals surface area (Å²) in [6.45, 7) is 0. The van der Waals surface area contributed by atoms with Gasteiger partial charge < -0.3 is 0 Å². The van der Waals surface area contributed by atoms with Gasteiger partial charge in [0.1, 0.15) is 0 Å². The summed E-state index contributed by atoms with van der Waals surface area (Å²) >= 11 is -3.48. The van der Waals surface area contributed by atoms with Crippen molar-refractivity contribution in [3.8, 4) is 0 Å². The molecule has 0 fully saturated rings. The third kappa shape index (κ3) is 2.44. The van der Waals surface area contributed by atoms with E-state index in [0.717, 1.165) is 16.8 Å². The molecular weight excluding hydrogens is 475 g/mol. The summed E-state index contributed by atoms with van der Waals surface area (Å²) < 4.78 is 5.22. The Kier molecular flexibility index (Phi) is 4.21. The third-order valence-corrected chi connectivity index (χ3v) is 17.6. The van der Waals surface area contributed by atoms with Gasteiger partial charge >= 0.3 is 202 Å². The predicted molar refractivity (Wildman–Crippen MR) is 142 cm³/mol. The van der Waals surface area contributed by atoms with Gasteiger partial charge in [-0.15, -0.1) is 0 Å². The van der Waals surface area contributed by atoms with Crippen LogP contribution in [0.1, 0.15) is 15.9 Å². The minimum atomic E-state index is -3.48. The van der Waals surface area contributed by atoms with Crippen LogP contribution in [0.3, 0.4) is 0 Å². The first-order valence-corrected chi connectivity index (χ1v) is 15.8. The van der Waals surface area contributed by atoms with Gasteiger partial charge in [0.25, 0.3) is 0 Å². The van der Waals surface area contributed by atoms with Crippen molar-refractivity contribution < 1.29 is 4.79 Å². The molecule has 0 unspecified atom stereocenters. The van der Waals surface area contributed by atoms with Gasteiger partial charge in [-0.25, -0.2) is 0 Å². The molecule has 0 aliphatic carbocycles. The summed E-state index contributed by atoms with van der Waals surface area (Å²) in [6, 6.07) is 44.9. The molecule has 0 N–H and O–H groups in total. The number of carbonyl (C=O) groups is 1. The molecule has 0 saturated heterocycles. The summed E-state index contributed by atoms with van der Waals surface area (Å²) in [5, 5.41) is 0. The van der Waals surface area contributed by atoms with E-state index in [1.54, 1.807) is 0 Å². The van der Waals surface area contributed by atoms with Gasteiger partial charge in [0, 0.05) is 0 Å². The number of benzene rings is 5. The van der Waals surface area contributed by atoms with E-state index >= 15 is 0 Å². The second-order valence-corrected chi connectivity index (χ2v) is 16.5. The fourth-order valence-corrected chi connectivity index (χ4v) is 17.5. The van der Waals surface area contributed by atoms with Gasteiger partial charge in [-0.2, -0.15) is 0 Å². The first-order chi connectivity index (χ1) is 16.8. The average molecular weight is 496 g/mol. The van der Waals surface area contributed by atoms with E-state index in [2.05, 4.69) is 108 Å². The zero-order valence-corrected chi connectivity index (χ0v) is 20.6. The number of carbonyl (C=O) groups excluding carboxylic acids is 1. The molecule has 34 heavy (non-hydrogen) atoms. The zero-order chi connectivity index (χ0) is 22.7. The average Bonchev–Trinajstić information content (AvgIpc) is 2.91. The van der Waals surface area contributed by atoms with Gasteiger partial charge in [-0.1, -0.05) is 0 Å². The Morgan fingerprint density at radius 2 is 0.853 bits per heavy atom. The number of nitrogens with zero attached hydrogens (tertiary/aromatic N) is 1. The maximum absolute atomic E-state index is 13.7. The van der Waals surface area contributed by atoms with Crippen molar-refractivity contribution in [1.82, 2.24) is 0 Å². The Labute approximate surface area is 201 Å². The van der Waals surface area contributed by atoms with Crippen LogP contribution in [0.15, 0.2) is 127 Å². The molecule has 2 heterocycles. The Hall–Kier alpha value is -3.89. The maximum atomic E-state index is 13.7. The number of rotatable bonds is 1. The molecule has 0 bridgehead atoms. The summed E-state index contributed by atoms with van der Waals surface area (Å²) in [4.78, 5) is 16.1. The van der Waals surface area contributed by atoms with Crippen molar-refractivity contribution in [3.63, 3.8) is 0 Å². The van der Waals surface area contributed by atoms with E-state index in [9.17, 15) is 4.79 Å². The van der Waals surface area contributed by atoms with Crippen LogP contribution in [-0.2, 0) is 0 Å². The van der Waals surface area contributed by atoms with Crippen LogP contribution in [0.2, 0.25) is 0 Å².